The number of benzene rings is 2. The molecular weight excluding hydrogens is 323 g/mol. The lowest BCUT2D eigenvalue weighted by Gasteiger charge is -2.10. The van der Waals surface area contributed by atoms with Crippen molar-refractivity contribution >= 4 is 0 Å². The molecule has 0 aliphatic heterocycles. The van der Waals surface area contributed by atoms with Gasteiger partial charge in [-0.1, -0.05) is 12.1 Å². The van der Waals surface area contributed by atoms with Crippen LogP contribution >= 0.6 is 0 Å². The van der Waals surface area contributed by atoms with Crippen molar-refractivity contribution in [1.82, 2.24) is 15.2 Å². The number of hydrogen-bond acceptors (Lipinski definition) is 5. The molecule has 1 heterocycles. The highest BCUT2D eigenvalue weighted by molar-refractivity contribution is 5.61. The van der Waals surface area contributed by atoms with Gasteiger partial charge < -0.3 is 15.2 Å². The van der Waals surface area contributed by atoms with E-state index in [9.17, 15) is 4.39 Å². The van der Waals surface area contributed by atoms with E-state index < -0.39 is 6.04 Å². The van der Waals surface area contributed by atoms with Gasteiger partial charge in [-0.05, 0) is 42.8 Å². The average molecular weight is 342 g/mol. The minimum atomic E-state index is -0.522. The van der Waals surface area contributed by atoms with E-state index in [4.69, 9.17) is 15.2 Å². The summed E-state index contributed by atoms with van der Waals surface area (Å²) < 4.78 is 23.9. The first-order chi connectivity index (χ1) is 12.1. The van der Waals surface area contributed by atoms with Crippen LogP contribution in [-0.4, -0.2) is 28.9 Å². The molecule has 130 valence electrons. The Bertz CT molecular complexity index is 849. The van der Waals surface area contributed by atoms with Gasteiger partial charge in [0.1, 0.15) is 11.6 Å². The SMILES string of the molecule is CCOc1cc(-c2n[nH]c([C@H](N)c3ccc(F)cc3)n2)ccc1OC. The number of hydrogen-bond donors (Lipinski definition) is 2. The van der Waals surface area contributed by atoms with Crippen LogP contribution in [0.4, 0.5) is 4.39 Å². The van der Waals surface area contributed by atoms with Gasteiger partial charge in [-0.25, -0.2) is 9.37 Å². The standard InChI is InChI=1S/C18H19FN4O2/c1-3-25-15-10-12(6-9-14(15)24-2)17-21-18(23-22-17)16(20)11-4-7-13(19)8-5-11/h4-10,16H,3,20H2,1-2H3,(H,21,22,23)/t16-/m1/s1. The topological polar surface area (TPSA) is 86.0 Å². The number of nitrogens with one attached hydrogen (secondary N) is 1. The van der Waals surface area contributed by atoms with Gasteiger partial charge in [0.15, 0.2) is 17.3 Å². The van der Waals surface area contributed by atoms with Crippen LogP contribution in [0.3, 0.4) is 0 Å². The first-order valence-corrected chi connectivity index (χ1v) is 7.87. The highest BCUT2D eigenvalue weighted by Gasteiger charge is 2.16. The monoisotopic (exact) mass is 342 g/mol. The van der Waals surface area contributed by atoms with Crippen molar-refractivity contribution in [2.24, 2.45) is 5.73 Å². The lowest BCUT2D eigenvalue weighted by molar-refractivity contribution is 0.311. The van der Waals surface area contributed by atoms with Crippen molar-refractivity contribution in [3.05, 3.63) is 59.7 Å². The molecule has 0 unspecified atom stereocenters. The van der Waals surface area contributed by atoms with Gasteiger partial charge in [0.25, 0.3) is 0 Å². The molecule has 0 radical (unpaired) electrons. The van der Waals surface area contributed by atoms with Crippen LogP contribution in [0.2, 0.25) is 0 Å². The first kappa shape index (κ1) is 16.9. The summed E-state index contributed by atoms with van der Waals surface area (Å²) in [6, 6.07) is 10.9. The van der Waals surface area contributed by atoms with Crippen molar-refractivity contribution in [3.63, 3.8) is 0 Å². The zero-order chi connectivity index (χ0) is 17.8. The fraction of sp³-hybridized carbons (Fsp3) is 0.222. The van der Waals surface area contributed by atoms with Crippen LogP contribution in [-0.2, 0) is 0 Å². The minimum Gasteiger partial charge on any atom is -0.493 e. The molecule has 2 aromatic carbocycles. The molecule has 0 fully saturated rings. The van der Waals surface area contributed by atoms with Crippen LogP contribution < -0.4 is 15.2 Å². The normalized spacial score (nSPS) is 12.0. The summed E-state index contributed by atoms with van der Waals surface area (Å²) in [7, 11) is 1.59. The molecule has 3 aromatic rings. The summed E-state index contributed by atoms with van der Waals surface area (Å²) in [5.74, 6) is 1.95. The Morgan fingerprint density at radius 2 is 1.92 bits per heavy atom. The van der Waals surface area contributed by atoms with Gasteiger partial charge >= 0.3 is 0 Å². The van der Waals surface area contributed by atoms with E-state index in [1.54, 1.807) is 25.3 Å². The van der Waals surface area contributed by atoms with Crippen molar-refractivity contribution in [3.8, 4) is 22.9 Å². The largest absolute Gasteiger partial charge is 0.493 e. The summed E-state index contributed by atoms with van der Waals surface area (Å²) in [4.78, 5) is 4.45. The zero-order valence-electron chi connectivity index (χ0n) is 14.0. The third kappa shape index (κ3) is 3.61. The summed E-state index contributed by atoms with van der Waals surface area (Å²) in [5, 5.41) is 7.07. The van der Waals surface area contributed by atoms with E-state index in [-0.39, 0.29) is 5.82 Å². The maximum Gasteiger partial charge on any atom is 0.181 e. The van der Waals surface area contributed by atoms with Gasteiger partial charge in [0.2, 0.25) is 0 Å². The molecule has 3 rings (SSSR count). The summed E-state index contributed by atoms with van der Waals surface area (Å²) in [6.45, 7) is 2.42. The predicted octanol–water partition coefficient (Wildman–Crippen LogP) is 3.07. The molecule has 0 aliphatic rings. The van der Waals surface area contributed by atoms with Gasteiger partial charge in [-0.2, -0.15) is 5.10 Å². The Morgan fingerprint density at radius 3 is 2.60 bits per heavy atom. The molecule has 0 saturated heterocycles. The lowest BCUT2D eigenvalue weighted by atomic mass is 10.1. The third-order valence-corrected chi connectivity index (χ3v) is 3.75. The molecule has 6 nitrogen and oxygen atoms in total. The van der Waals surface area contributed by atoms with E-state index in [0.29, 0.717) is 29.8 Å². The average Bonchev–Trinajstić information content (AvgIpc) is 3.12. The molecule has 3 N–H and O–H groups in total. The Morgan fingerprint density at radius 1 is 1.16 bits per heavy atom. The number of nitrogens with two attached hydrogens (primary N) is 1. The van der Waals surface area contributed by atoms with Crippen molar-refractivity contribution in [2.75, 3.05) is 13.7 Å². The zero-order valence-corrected chi connectivity index (χ0v) is 14.0. The van der Waals surface area contributed by atoms with E-state index in [1.807, 2.05) is 19.1 Å². The quantitative estimate of drug-likeness (QED) is 0.719. The number of ether oxygens (including phenoxy) is 2. The molecule has 0 amide bonds. The summed E-state index contributed by atoms with van der Waals surface area (Å²) in [5.41, 5.74) is 7.70. The Kier molecular flexibility index (Phi) is 4.95. The third-order valence-electron chi connectivity index (χ3n) is 3.75. The number of nitrogens with zero attached hydrogens (tertiary/aromatic N) is 2. The van der Waals surface area contributed by atoms with Crippen LogP contribution in [0, 0.1) is 5.82 Å². The lowest BCUT2D eigenvalue weighted by Crippen LogP contribution is -2.13. The fourth-order valence-corrected chi connectivity index (χ4v) is 2.45. The van der Waals surface area contributed by atoms with Crippen LogP contribution in [0.1, 0.15) is 24.4 Å². The molecule has 0 spiro atoms. The van der Waals surface area contributed by atoms with Gasteiger partial charge in [0.05, 0.1) is 19.8 Å². The second-order valence-electron chi connectivity index (χ2n) is 5.37. The smallest absolute Gasteiger partial charge is 0.181 e. The van der Waals surface area contributed by atoms with Gasteiger partial charge in [-0.3, -0.25) is 5.10 Å². The molecule has 0 bridgehead atoms. The van der Waals surface area contributed by atoms with E-state index in [2.05, 4.69) is 15.2 Å². The first-order valence-electron chi connectivity index (χ1n) is 7.87. The second-order valence-corrected chi connectivity index (χ2v) is 5.37. The molecular formula is C18H19FN4O2. The highest BCUT2D eigenvalue weighted by atomic mass is 19.1. The van der Waals surface area contributed by atoms with Crippen LogP contribution in [0.25, 0.3) is 11.4 Å². The fourth-order valence-electron chi connectivity index (χ4n) is 2.45. The van der Waals surface area contributed by atoms with Gasteiger partial charge in [-0.15, -0.1) is 0 Å². The number of aromatic amines is 1. The maximum atomic E-state index is 13.0. The molecule has 0 aliphatic carbocycles. The summed E-state index contributed by atoms with van der Waals surface area (Å²) >= 11 is 0. The molecule has 7 heteroatoms. The van der Waals surface area contributed by atoms with Crippen LogP contribution in [0.5, 0.6) is 11.5 Å². The predicted molar refractivity (Wildman–Crippen MR) is 92.0 cm³/mol. The Balaban J connectivity index is 1.88. The molecule has 1 atom stereocenters. The highest BCUT2D eigenvalue weighted by Crippen LogP contribution is 2.31. The van der Waals surface area contributed by atoms with Crippen molar-refractivity contribution in [2.45, 2.75) is 13.0 Å². The number of H-pyrrole nitrogens is 1. The Hall–Kier alpha value is -2.93. The van der Waals surface area contributed by atoms with Crippen molar-refractivity contribution < 1.29 is 13.9 Å². The Labute approximate surface area is 144 Å². The second kappa shape index (κ2) is 7.31. The van der Waals surface area contributed by atoms with Gasteiger partial charge in [0, 0.05) is 5.56 Å². The number of aromatic nitrogens is 3. The van der Waals surface area contributed by atoms with Crippen molar-refractivity contribution in [1.29, 1.82) is 0 Å². The molecule has 25 heavy (non-hydrogen) atoms. The molecule has 0 saturated carbocycles. The minimum absolute atomic E-state index is 0.309. The number of rotatable bonds is 6. The van der Waals surface area contributed by atoms with Crippen LogP contribution in [0.15, 0.2) is 42.5 Å². The summed E-state index contributed by atoms with van der Waals surface area (Å²) in [6.07, 6.45) is 0. The number of methoxy groups -OCH3 is 1. The van der Waals surface area contributed by atoms with E-state index >= 15 is 0 Å². The maximum absolute atomic E-state index is 13.0. The van der Waals surface area contributed by atoms with E-state index in [1.165, 1.54) is 12.1 Å². The molecule has 1 aromatic heterocycles. The van der Waals surface area contributed by atoms with E-state index in [0.717, 1.165) is 11.1 Å². The number of halogens is 1.